The van der Waals surface area contributed by atoms with Gasteiger partial charge in [0.05, 0.1) is 5.03 Å². The van der Waals surface area contributed by atoms with E-state index in [0.717, 1.165) is 16.9 Å². The third kappa shape index (κ3) is 4.00. The Kier molecular flexibility index (Phi) is 5.25. The van der Waals surface area contributed by atoms with Crippen LogP contribution in [-0.2, 0) is 0 Å². The van der Waals surface area contributed by atoms with Crippen LogP contribution in [0.5, 0.6) is 0 Å². The molecular formula is C17H11Cl2N3OS. The molecule has 0 aliphatic carbocycles. The molecule has 0 aliphatic heterocycles. The lowest BCUT2D eigenvalue weighted by Crippen LogP contribution is -2.11. The Balaban J connectivity index is 1.78. The molecule has 0 saturated carbocycles. The monoisotopic (exact) mass is 375 g/mol. The maximum Gasteiger partial charge on any atom is 0.286 e. The van der Waals surface area contributed by atoms with Crippen molar-refractivity contribution in [3.05, 3.63) is 75.2 Å². The van der Waals surface area contributed by atoms with Gasteiger partial charge in [0.25, 0.3) is 5.91 Å². The number of rotatable bonds is 4. The van der Waals surface area contributed by atoms with E-state index in [-0.39, 0.29) is 10.9 Å². The summed E-state index contributed by atoms with van der Waals surface area (Å²) in [6.45, 7) is 0. The minimum Gasteiger partial charge on any atom is -0.320 e. The highest BCUT2D eigenvalue weighted by Gasteiger charge is 2.15. The van der Waals surface area contributed by atoms with E-state index in [1.165, 1.54) is 0 Å². The molecule has 1 heterocycles. The van der Waals surface area contributed by atoms with Gasteiger partial charge in [0, 0.05) is 10.7 Å². The van der Waals surface area contributed by atoms with Crippen molar-refractivity contribution in [2.45, 2.75) is 0 Å². The van der Waals surface area contributed by atoms with Crippen molar-refractivity contribution in [2.24, 2.45) is 0 Å². The summed E-state index contributed by atoms with van der Waals surface area (Å²) in [4.78, 5) is 12.2. The lowest BCUT2D eigenvalue weighted by atomic mass is 10.2. The van der Waals surface area contributed by atoms with Gasteiger partial charge < -0.3 is 5.32 Å². The zero-order chi connectivity index (χ0) is 16.9. The van der Waals surface area contributed by atoms with Crippen LogP contribution < -0.4 is 5.32 Å². The molecule has 0 aliphatic rings. The largest absolute Gasteiger partial charge is 0.320 e. The van der Waals surface area contributed by atoms with Crippen LogP contribution in [0.25, 0.3) is 11.1 Å². The van der Waals surface area contributed by atoms with E-state index in [0.29, 0.717) is 20.7 Å². The number of halogens is 2. The number of para-hydroxylation sites is 1. The summed E-state index contributed by atoms with van der Waals surface area (Å²) < 4.78 is 0. The topological polar surface area (TPSA) is 54.9 Å². The SMILES string of the molecule is O=C(Nc1ccccc1)c1nnc(C(Cl)=Cc2ccccc2Cl)s1. The minimum absolute atomic E-state index is 0.236. The number of nitrogens with one attached hydrogen (secondary N) is 1. The number of nitrogens with zero attached hydrogens (tertiary/aromatic N) is 2. The van der Waals surface area contributed by atoms with Gasteiger partial charge in [0.2, 0.25) is 5.01 Å². The summed E-state index contributed by atoms with van der Waals surface area (Å²) in [5.74, 6) is -0.327. The first-order chi connectivity index (χ1) is 11.6. The van der Waals surface area contributed by atoms with Gasteiger partial charge in [-0.1, -0.05) is 70.9 Å². The molecule has 3 aromatic rings. The van der Waals surface area contributed by atoms with Crippen LogP contribution >= 0.6 is 34.5 Å². The lowest BCUT2D eigenvalue weighted by Gasteiger charge is -2.00. The Morgan fingerprint density at radius 2 is 1.67 bits per heavy atom. The normalized spacial score (nSPS) is 11.3. The molecule has 1 N–H and O–H groups in total. The Bertz CT molecular complexity index is 894. The smallest absolute Gasteiger partial charge is 0.286 e. The highest BCUT2D eigenvalue weighted by atomic mass is 35.5. The number of benzene rings is 2. The van der Waals surface area contributed by atoms with Crippen LogP contribution in [0.1, 0.15) is 20.4 Å². The highest BCUT2D eigenvalue weighted by Crippen LogP contribution is 2.28. The van der Waals surface area contributed by atoms with E-state index in [2.05, 4.69) is 15.5 Å². The molecular weight excluding hydrogens is 365 g/mol. The van der Waals surface area contributed by atoms with E-state index in [4.69, 9.17) is 23.2 Å². The lowest BCUT2D eigenvalue weighted by molar-refractivity contribution is 0.102. The highest BCUT2D eigenvalue weighted by molar-refractivity contribution is 7.15. The van der Waals surface area contributed by atoms with Crippen LogP contribution in [0.2, 0.25) is 5.02 Å². The molecule has 3 rings (SSSR count). The summed E-state index contributed by atoms with van der Waals surface area (Å²) in [6.07, 6.45) is 1.70. The number of hydrogen-bond donors (Lipinski definition) is 1. The summed E-state index contributed by atoms with van der Waals surface area (Å²) in [5.41, 5.74) is 1.46. The molecule has 0 atom stereocenters. The van der Waals surface area contributed by atoms with Gasteiger partial charge in [-0.15, -0.1) is 10.2 Å². The molecule has 2 aromatic carbocycles. The van der Waals surface area contributed by atoms with Crippen molar-refractivity contribution in [1.29, 1.82) is 0 Å². The molecule has 4 nitrogen and oxygen atoms in total. The van der Waals surface area contributed by atoms with Crippen molar-refractivity contribution in [3.63, 3.8) is 0 Å². The van der Waals surface area contributed by atoms with Crippen molar-refractivity contribution in [1.82, 2.24) is 10.2 Å². The number of carbonyl (C=O) groups excluding carboxylic acids is 1. The third-order valence-corrected chi connectivity index (χ3v) is 4.74. The van der Waals surface area contributed by atoms with E-state index in [1.54, 1.807) is 24.3 Å². The maximum atomic E-state index is 12.2. The predicted octanol–water partition coefficient (Wildman–Crippen LogP) is 5.18. The number of hydrogen-bond acceptors (Lipinski definition) is 4. The molecule has 24 heavy (non-hydrogen) atoms. The zero-order valence-corrected chi connectivity index (χ0v) is 14.6. The fourth-order valence-corrected chi connectivity index (χ4v) is 3.02. The quantitative estimate of drug-likeness (QED) is 0.683. The second kappa shape index (κ2) is 7.57. The minimum atomic E-state index is -0.327. The molecule has 0 radical (unpaired) electrons. The van der Waals surface area contributed by atoms with Crippen molar-refractivity contribution in [2.75, 3.05) is 5.32 Å². The number of amides is 1. The van der Waals surface area contributed by atoms with E-state index < -0.39 is 0 Å². The maximum absolute atomic E-state index is 12.2. The molecule has 0 saturated heterocycles. The summed E-state index contributed by atoms with van der Waals surface area (Å²) in [7, 11) is 0. The van der Waals surface area contributed by atoms with Gasteiger partial charge in [-0.05, 0) is 29.8 Å². The van der Waals surface area contributed by atoms with Crippen LogP contribution in [-0.4, -0.2) is 16.1 Å². The molecule has 0 unspecified atom stereocenters. The first-order valence-corrected chi connectivity index (χ1v) is 8.53. The third-order valence-electron chi connectivity index (χ3n) is 3.04. The predicted molar refractivity (Wildman–Crippen MR) is 99.5 cm³/mol. The molecule has 1 aromatic heterocycles. The Labute approximate surface area is 152 Å². The Hall–Kier alpha value is -2.21. The second-order valence-electron chi connectivity index (χ2n) is 4.75. The fraction of sp³-hybridized carbons (Fsp3) is 0. The summed E-state index contributed by atoms with van der Waals surface area (Å²) in [5, 5.41) is 12.3. The molecule has 1 amide bonds. The number of anilines is 1. The van der Waals surface area contributed by atoms with Crippen molar-refractivity contribution < 1.29 is 4.79 Å². The summed E-state index contributed by atoms with van der Waals surface area (Å²) in [6, 6.07) is 16.5. The molecule has 0 bridgehead atoms. The Morgan fingerprint density at radius 3 is 2.42 bits per heavy atom. The number of carbonyl (C=O) groups is 1. The average molecular weight is 376 g/mol. The van der Waals surface area contributed by atoms with Gasteiger partial charge >= 0.3 is 0 Å². The van der Waals surface area contributed by atoms with E-state index >= 15 is 0 Å². The van der Waals surface area contributed by atoms with E-state index in [9.17, 15) is 4.79 Å². The molecule has 7 heteroatoms. The first kappa shape index (κ1) is 16.6. The average Bonchev–Trinajstić information content (AvgIpc) is 3.08. The van der Waals surface area contributed by atoms with Gasteiger partial charge in [-0.2, -0.15) is 0 Å². The summed E-state index contributed by atoms with van der Waals surface area (Å²) >= 11 is 13.5. The van der Waals surface area contributed by atoms with Gasteiger partial charge in [0.1, 0.15) is 0 Å². The second-order valence-corrected chi connectivity index (χ2v) is 6.54. The van der Waals surface area contributed by atoms with Crippen molar-refractivity contribution >= 4 is 57.2 Å². The van der Waals surface area contributed by atoms with Crippen LogP contribution in [0.4, 0.5) is 5.69 Å². The molecule has 0 spiro atoms. The standard InChI is InChI=1S/C17H11Cl2N3OS/c18-13-9-5-4-6-11(13)10-14(19)16-21-22-17(24-16)15(23)20-12-7-2-1-3-8-12/h1-10H,(H,20,23). The van der Waals surface area contributed by atoms with Gasteiger partial charge in [0.15, 0.2) is 5.01 Å². The van der Waals surface area contributed by atoms with Crippen LogP contribution in [0.3, 0.4) is 0 Å². The van der Waals surface area contributed by atoms with Crippen LogP contribution in [0, 0.1) is 0 Å². The first-order valence-electron chi connectivity index (χ1n) is 6.95. The molecule has 0 fully saturated rings. The Morgan fingerprint density at radius 1 is 1.00 bits per heavy atom. The van der Waals surface area contributed by atoms with Crippen molar-refractivity contribution in [3.8, 4) is 0 Å². The number of aromatic nitrogens is 2. The van der Waals surface area contributed by atoms with Gasteiger partial charge in [-0.3, -0.25) is 4.79 Å². The zero-order valence-electron chi connectivity index (χ0n) is 12.2. The molecule has 120 valence electrons. The van der Waals surface area contributed by atoms with E-state index in [1.807, 2.05) is 36.4 Å². The fourth-order valence-electron chi connectivity index (χ4n) is 1.91. The van der Waals surface area contributed by atoms with Crippen LogP contribution in [0.15, 0.2) is 54.6 Å². The van der Waals surface area contributed by atoms with Gasteiger partial charge in [-0.25, -0.2) is 0 Å².